The van der Waals surface area contributed by atoms with Gasteiger partial charge in [0.05, 0.1) is 5.56 Å². The van der Waals surface area contributed by atoms with Crippen molar-refractivity contribution in [1.29, 1.82) is 0 Å². The summed E-state index contributed by atoms with van der Waals surface area (Å²) < 4.78 is 0. The molecule has 0 aliphatic carbocycles. The minimum Gasteiger partial charge on any atom is -0.311 e. The Kier molecular flexibility index (Phi) is 3.24. The monoisotopic (exact) mass is 223 g/mol. The number of hydrogen-bond acceptors (Lipinski definition) is 3. The maximum atomic E-state index is 11.6. The van der Waals surface area contributed by atoms with Crippen LogP contribution in [0.1, 0.15) is 31.0 Å². The Morgan fingerprint density at radius 2 is 2.12 bits per heavy atom. The van der Waals surface area contributed by atoms with Gasteiger partial charge in [0.15, 0.2) is 0 Å². The molecule has 5 heteroatoms. The van der Waals surface area contributed by atoms with E-state index >= 15 is 0 Å². The molecule has 2 rings (SSSR count). The van der Waals surface area contributed by atoms with Gasteiger partial charge in [0, 0.05) is 25.2 Å². The maximum absolute atomic E-state index is 11.6. The van der Waals surface area contributed by atoms with Gasteiger partial charge in [-0.2, -0.15) is 0 Å². The van der Waals surface area contributed by atoms with Crippen molar-refractivity contribution in [3.63, 3.8) is 0 Å². The van der Waals surface area contributed by atoms with E-state index in [0.717, 1.165) is 43.6 Å². The van der Waals surface area contributed by atoms with Crippen LogP contribution < -0.4 is 11.2 Å². The number of nitrogens with one attached hydrogen (secondary N) is 2. The summed E-state index contributed by atoms with van der Waals surface area (Å²) in [6, 6.07) is 0. The van der Waals surface area contributed by atoms with Crippen LogP contribution in [0.25, 0.3) is 0 Å². The summed E-state index contributed by atoms with van der Waals surface area (Å²) in [6.07, 6.45) is 3.07. The van der Waals surface area contributed by atoms with E-state index in [1.165, 1.54) is 0 Å². The molecule has 1 aromatic heterocycles. The van der Waals surface area contributed by atoms with Crippen molar-refractivity contribution >= 4 is 0 Å². The number of aromatic amines is 2. The van der Waals surface area contributed by atoms with Gasteiger partial charge in [0.1, 0.15) is 0 Å². The van der Waals surface area contributed by atoms with Gasteiger partial charge in [-0.05, 0) is 13.0 Å². The zero-order valence-electron chi connectivity index (χ0n) is 9.51. The summed E-state index contributed by atoms with van der Waals surface area (Å²) in [5.74, 6) is 0. The third-order valence-electron chi connectivity index (χ3n) is 3.02. The number of nitrogens with zero attached hydrogens (tertiary/aromatic N) is 1. The lowest BCUT2D eigenvalue weighted by Gasteiger charge is -2.27. The van der Waals surface area contributed by atoms with E-state index < -0.39 is 5.69 Å². The molecule has 2 heterocycles. The second-order valence-electron chi connectivity index (χ2n) is 4.25. The van der Waals surface area contributed by atoms with Crippen molar-refractivity contribution in [2.75, 3.05) is 13.1 Å². The van der Waals surface area contributed by atoms with Crippen LogP contribution in [-0.4, -0.2) is 28.0 Å². The second-order valence-corrected chi connectivity index (χ2v) is 4.25. The fraction of sp³-hybridized carbons (Fsp3) is 0.636. The number of aromatic nitrogens is 2. The summed E-state index contributed by atoms with van der Waals surface area (Å²) in [7, 11) is 0. The van der Waals surface area contributed by atoms with Gasteiger partial charge < -0.3 is 4.98 Å². The highest BCUT2D eigenvalue weighted by molar-refractivity contribution is 5.18. The van der Waals surface area contributed by atoms with Gasteiger partial charge in [-0.15, -0.1) is 0 Å². The first-order valence-electron chi connectivity index (χ1n) is 5.77. The summed E-state index contributed by atoms with van der Waals surface area (Å²) in [4.78, 5) is 29.9. The summed E-state index contributed by atoms with van der Waals surface area (Å²) in [5, 5.41) is 0. The first-order chi connectivity index (χ1) is 7.70. The van der Waals surface area contributed by atoms with Crippen molar-refractivity contribution in [2.24, 2.45) is 0 Å². The van der Waals surface area contributed by atoms with Crippen molar-refractivity contribution < 1.29 is 0 Å². The molecule has 0 unspecified atom stereocenters. The van der Waals surface area contributed by atoms with Gasteiger partial charge in [-0.1, -0.05) is 13.3 Å². The Bertz CT molecular complexity index is 475. The highest BCUT2D eigenvalue weighted by atomic mass is 16.2. The van der Waals surface area contributed by atoms with Crippen molar-refractivity contribution in [1.82, 2.24) is 14.9 Å². The van der Waals surface area contributed by atoms with E-state index in [0.29, 0.717) is 6.54 Å². The smallest absolute Gasteiger partial charge is 0.311 e. The van der Waals surface area contributed by atoms with Crippen molar-refractivity contribution in [3.05, 3.63) is 32.1 Å². The van der Waals surface area contributed by atoms with Gasteiger partial charge in [-0.25, -0.2) is 4.79 Å². The molecule has 16 heavy (non-hydrogen) atoms. The fourth-order valence-electron chi connectivity index (χ4n) is 2.09. The molecule has 1 aliphatic heterocycles. The molecule has 0 fully saturated rings. The predicted octanol–water partition coefficient (Wildman–Crippen LogP) is 0.221. The fourth-order valence-corrected chi connectivity index (χ4v) is 2.09. The summed E-state index contributed by atoms with van der Waals surface area (Å²) in [5.41, 5.74) is 0.897. The minimum atomic E-state index is -0.397. The minimum absolute atomic E-state index is 0.236. The molecule has 0 spiro atoms. The molecule has 0 bridgehead atoms. The van der Waals surface area contributed by atoms with E-state index in [1.807, 2.05) is 0 Å². The number of H-pyrrole nitrogens is 2. The quantitative estimate of drug-likeness (QED) is 0.770. The SMILES string of the molecule is CCCCN1CCc2[nH]c(=O)[nH]c(=O)c2C1. The van der Waals surface area contributed by atoms with E-state index in [9.17, 15) is 9.59 Å². The molecule has 0 atom stereocenters. The number of hydrogen-bond donors (Lipinski definition) is 2. The van der Waals surface area contributed by atoms with Gasteiger partial charge in [-0.3, -0.25) is 14.7 Å². The molecule has 88 valence electrons. The Labute approximate surface area is 93.5 Å². The lowest BCUT2D eigenvalue weighted by atomic mass is 10.1. The molecule has 2 N–H and O–H groups in total. The van der Waals surface area contributed by atoms with Crippen LogP contribution >= 0.6 is 0 Å². The second kappa shape index (κ2) is 4.65. The topological polar surface area (TPSA) is 69.0 Å². The van der Waals surface area contributed by atoms with Gasteiger partial charge in [0.2, 0.25) is 0 Å². The Morgan fingerprint density at radius 3 is 2.88 bits per heavy atom. The lowest BCUT2D eigenvalue weighted by molar-refractivity contribution is 0.246. The predicted molar refractivity (Wildman–Crippen MR) is 61.6 cm³/mol. The average molecular weight is 223 g/mol. The third-order valence-corrected chi connectivity index (χ3v) is 3.02. The zero-order chi connectivity index (χ0) is 11.5. The third kappa shape index (κ3) is 2.24. The number of fused-ring (bicyclic) bond motifs is 1. The van der Waals surface area contributed by atoms with Crippen molar-refractivity contribution in [2.45, 2.75) is 32.7 Å². The maximum Gasteiger partial charge on any atom is 0.325 e. The average Bonchev–Trinajstić information content (AvgIpc) is 2.26. The van der Waals surface area contributed by atoms with Crippen LogP contribution in [0.2, 0.25) is 0 Å². The van der Waals surface area contributed by atoms with Crippen LogP contribution in [0, 0.1) is 0 Å². The lowest BCUT2D eigenvalue weighted by Crippen LogP contribution is -2.39. The number of unbranched alkanes of at least 4 members (excludes halogenated alkanes) is 1. The molecule has 0 amide bonds. The Hall–Kier alpha value is -1.36. The molecular formula is C11H17N3O2. The summed E-state index contributed by atoms with van der Waals surface area (Å²) >= 11 is 0. The molecule has 0 saturated heterocycles. The summed E-state index contributed by atoms with van der Waals surface area (Å²) in [6.45, 7) is 4.75. The van der Waals surface area contributed by atoms with E-state index in [1.54, 1.807) is 0 Å². The first kappa shape index (κ1) is 11.1. The van der Waals surface area contributed by atoms with Crippen LogP contribution in [0.3, 0.4) is 0 Å². The van der Waals surface area contributed by atoms with Crippen molar-refractivity contribution in [3.8, 4) is 0 Å². The molecule has 1 aromatic rings. The molecule has 1 aliphatic rings. The highest BCUT2D eigenvalue weighted by Gasteiger charge is 2.19. The Morgan fingerprint density at radius 1 is 1.31 bits per heavy atom. The highest BCUT2D eigenvalue weighted by Crippen LogP contribution is 2.12. The number of rotatable bonds is 3. The van der Waals surface area contributed by atoms with E-state index in [-0.39, 0.29) is 5.56 Å². The normalized spacial score (nSPS) is 16.1. The van der Waals surface area contributed by atoms with Crippen LogP contribution in [0.4, 0.5) is 0 Å². The van der Waals surface area contributed by atoms with Crippen LogP contribution in [0.15, 0.2) is 9.59 Å². The van der Waals surface area contributed by atoms with Crippen LogP contribution in [-0.2, 0) is 13.0 Å². The molecule has 5 nitrogen and oxygen atoms in total. The van der Waals surface area contributed by atoms with E-state index in [2.05, 4.69) is 21.8 Å². The standard InChI is InChI=1S/C11H17N3O2/c1-2-3-5-14-6-4-9-8(7-14)10(15)13-11(16)12-9/h2-7H2,1H3,(H2,12,13,15,16). The van der Waals surface area contributed by atoms with E-state index in [4.69, 9.17) is 0 Å². The largest absolute Gasteiger partial charge is 0.325 e. The molecular weight excluding hydrogens is 206 g/mol. The molecule has 0 radical (unpaired) electrons. The Balaban J connectivity index is 2.20. The molecule has 0 saturated carbocycles. The van der Waals surface area contributed by atoms with Crippen LogP contribution in [0.5, 0.6) is 0 Å². The van der Waals surface area contributed by atoms with Gasteiger partial charge >= 0.3 is 5.69 Å². The first-order valence-corrected chi connectivity index (χ1v) is 5.77. The van der Waals surface area contributed by atoms with Gasteiger partial charge in [0.25, 0.3) is 5.56 Å². The molecule has 0 aromatic carbocycles. The zero-order valence-corrected chi connectivity index (χ0v) is 9.51.